The van der Waals surface area contributed by atoms with Gasteiger partial charge in [0.2, 0.25) is 0 Å². The van der Waals surface area contributed by atoms with Crippen LogP contribution >= 0.6 is 45.2 Å². The van der Waals surface area contributed by atoms with Crippen LogP contribution in [0.15, 0.2) is 48.5 Å². The molecule has 0 amide bonds. The van der Waals surface area contributed by atoms with Gasteiger partial charge in [0, 0.05) is 18.3 Å². The van der Waals surface area contributed by atoms with Gasteiger partial charge in [-0.3, -0.25) is 0 Å². The van der Waals surface area contributed by atoms with Crippen molar-refractivity contribution in [1.29, 1.82) is 0 Å². The third kappa shape index (κ3) is 6.77. The van der Waals surface area contributed by atoms with Gasteiger partial charge in [-0.15, -0.1) is 0 Å². The number of halogens is 2. The molecule has 113 valence electrons. The summed E-state index contributed by atoms with van der Waals surface area (Å²) in [5.74, 6) is -2.24. The molecule has 0 aromatic heterocycles. The Labute approximate surface area is 159 Å². The molecule has 0 saturated heterocycles. The van der Waals surface area contributed by atoms with E-state index in [1.54, 1.807) is 36.4 Å². The summed E-state index contributed by atoms with van der Waals surface area (Å²) in [5.41, 5.74) is 0.506. The number of benzene rings is 2. The minimum absolute atomic E-state index is 0. The molecule has 0 bridgehead atoms. The van der Waals surface area contributed by atoms with Crippen LogP contribution in [0.1, 0.15) is 20.7 Å². The van der Waals surface area contributed by atoms with Gasteiger partial charge in [0.05, 0.1) is 11.9 Å². The molecule has 1 radical (unpaired) electrons. The number of carbonyl (C=O) groups is 2. The second-order valence-electron chi connectivity index (χ2n) is 3.53. The van der Waals surface area contributed by atoms with Crippen LogP contribution in [0, 0.1) is 7.14 Å². The monoisotopic (exact) mass is 557 g/mol. The third-order valence-electron chi connectivity index (χ3n) is 2.19. The number of aromatic carboxylic acids is 2. The minimum atomic E-state index is -1.12. The van der Waals surface area contributed by atoms with Crippen LogP contribution in [0.4, 0.5) is 0 Å². The molecule has 0 saturated carbocycles. The number of carboxylic acids is 2. The van der Waals surface area contributed by atoms with Crippen LogP contribution in [-0.4, -0.2) is 11.9 Å². The molecule has 7 heteroatoms. The standard InChI is InChI=1S/2C7H5IO2.Cu/c2*8-6-4-2-1-3-5(6)7(9)10;/h2*1-4H,(H,9,10);/q;;+2/p-2. The summed E-state index contributed by atoms with van der Waals surface area (Å²) in [6.07, 6.45) is 0. The Morgan fingerprint density at radius 3 is 1.19 bits per heavy atom. The topological polar surface area (TPSA) is 80.3 Å². The first kappa shape index (κ1) is 20.4. The smallest absolute Gasteiger partial charge is 0.545 e. The average molecular weight is 558 g/mol. The average Bonchev–Trinajstić information content (AvgIpc) is 2.40. The van der Waals surface area contributed by atoms with Crippen molar-refractivity contribution in [3.63, 3.8) is 0 Å². The Kier molecular flexibility index (Phi) is 9.84. The SMILES string of the molecule is O=C([O-])c1ccccc1I.O=C([O-])c1ccccc1I.[Cu+2]. The van der Waals surface area contributed by atoms with Crippen molar-refractivity contribution in [2.24, 2.45) is 0 Å². The molecular formula is C14H8CuI2O4. The molecular weight excluding hydrogens is 550 g/mol. The molecule has 0 atom stereocenters. The number of hydrogen-bond acceptors (Lipinski definition) is 4. The van der Waals surface area contributed by atoms with Crippen molar-refractivity contribution < 1.29 is 36.9 Å². The molecule has 0 unspecified atom stereocenters. The molecule has 4 nitrogen and oxygen atoms in total. The van der Waals surface area contributed by atoms with Crippen LogP contribution in [0.3, 0.4) is 0 Å². The second kappa shape index (κ2) is 10.1. The van der Waals surface area contributed by atoms with Crippen LogP contribution in [0.5, 0.6) is 0 Å². The fourth-order valence-electron chi connectivity index (χ4n) is 1.25. The zero-order valence-electron chi connectivity index (χ0n) is 10.3. The number of carboxylic acid groups (broad SMARTS) is 2. The fraction of sp³-hybridized carbons (Fsp3) is 0. The molecule has 2 rings (SSSR count). The van der Waals surface area contributed by atoms with Gasteiger partial charge in [0.1, 0.15) is 0 Å². The second-order valence-corrected chi connectivity index (χ2v) is 5.86. The van der Waals surface area contributed by atoms with Gasteiger partial charge in [0.25, 0.3) is 0 Å². The summed E-state index contributed by atoms with van der Waals surface area (Å²) in [7, 11) is 0. The van der Waals surface area contributed by atoms with E-state index in [9.17, 15) is 19.8 Å². The zero-order valence-corrected chi connectivity index (χ0v) is 15.6. The normalized spacial score (nSPS) is 8.86. The quantitative estimate of drug-likeness (QED) is 0.412. The van der Waals surface area contributed by atoms with E-state index in [1.807, 2.05) is 45.2 Å². The molecule has 0 spiro atoms. The molecule has 21 heavy (non-hydrogen) atoms. The van der Waals surface area contributed by atoms with Crippen LogP contribution < -0.4 is 10.2 Å². The van der Waals surface area contributed by atoms with E-state index < -0.39 is 11.9 Å². The van der Waals surface area contributed by atoms with Gasteiger partial charge in [-0.1, -0.05) is 36.4 Å². The summed E-state index contributed by atoms with van der Waals surface area (Å²) < 4.78 is 1.42. The Morgan fingerprint density at radius 2 is 1.00 bits per heavy atom. The third-order valence-corrected chi connectivity index (χ3v) is 4.07. The first-order chi connectivity index (χ1) is 9.43. The van der Waals surface area contributed by atoms with Gasteiger partial charge in [-0.05, 0) is 57.3 Å². The predicted molar refractivity (Wildman–Crippen MR) is 87.0 cm³/mol. The fourth-order valence-corrected chi connectivity index (χ4v) is 2.47. The van der Waals surface area contributed by atoms with Gasteiger partial charge < -0.3 is 19.8 Å². The molecule has 0 fully saturated rings. The van der Waals surface area contributed by atoms with E-state index in [-0.39, 0.29) is 28.2 Å². The van der Waals surface area contributed by atoms with Crippen molar-refractivity contribution >= 4 is 57.1 Å². The maximum absolute atomic E-state index is 10.3. The maximum atomic E-state index is 10.3. The van der Waals surface area contributed by atoms with E-state index in [4.69, 9.17) is 0 Å². The van der Waals surface area contributed by atoms with E-state index in [0.717, 1.165) is 0 Å². The van der Waals surface area contributed by atoms with Gasteiger partial charge in [0.15, 0.2) is 0 Å². The molecule has 0 N–H and O–H groups in total. The predicted octanol–water partition coefficient (Wildman–Crippen LogP) is 1.31. The Bertz CT molecular complexity index is 576. The number of carbonyl (C=O) groups excluding carboxylic acids is 2. The molecule has 0 heterocycles. The molecule has 2 aromatic rings. The van der Waals surface area contributed by atoms with Gasteiger partial charge >= 0.3 is 17.1 Å². The molecule has 0 aliphatic heterocycles. The van der Waals surface area contributed by atoms with E-state index in [2.05, 4.69) is 0 Å². The van der Waals surface area contributed by atoms with Crippen molar-refractivity contribution in [3.8, 4) is 0 Å². The van der Waals surface area contributed by atoms with Crippen LogP contribution in [0.25, 0.3) is 0 Å². The van der Waals surface area contributed by atoms with Crippen LogP contribution in [-0.2, 0) is 17.1 Å². The molecule has 0 aliphatic carbocycles. The summed E-state index contributed by atoms with van der Waals surface area (Å²) in [4.78, 5) is 20.6. The van der Waals surface area contributed by atoms with E-state index >= 15 is 0 Å². The van der Waals surface area contributed by atoms with Gasteiger partial charge in [-0.2, -0.15) is 0 Å². The van der Waals surface area contributed by atoms with Crippen molar-refractivity contribution in [3.05, 3.63) is 66.8 Å². The summed E-state index contributed by atoms with van der Waals surface area (Å²) in [6, 6.07) is 13.4. The summed E-state index contributed by atoms with van der Waals surface area (Å²) in [5, 5.41) is 20.6. The molecule has 2 aromatic carbocycles. The molecule has 0 aliphatic rings. The van der Waals surface area contributed by atoms with Crippen LogP contribution in [0.2, 0.25) is 0 Å². The number of rotatable bonds is 2. The minimum Gasteiger partial charge on any atom is -0.545 e. The first-order valence-corrected chi connectivity index (χ1v) is 7.51. The first-order valence-electron chi connectivity index (χ1n) is 5.35. The Morgan fingerprint density at radius 1 is 0.714 bits per heavy atom. The summed E-state index contributed by atoms with van der Waals surface area (Å²) in [6.45, 7) is 0. The zero-order chi connectivity index (χ0) is 15.1. The van der Waals surface area contributed by atoms with Crippen molar-refractivity contribution in [1.82, 2.24) is 0 Å². The summed E-state index contributed by atoms with van der Waals surface area (Å²) >= 11 is 3.91. The van der Waals surface area contributed by atoms with Gasteiger partial charge in [-0.25, -0.2) is 0 Å². The maximum Gasteiger partial charge on any atom is 2.00 e. The van der Waals surface area contributed by atoms with Crippen molar-refractivity contribution in [2.45, 2.75) is 0 Å². The Balaban J connectivity index is 0.000000364. The largest absolute Gasteiger partial charge is 2.00 e. The number of hydrogen-bond donors (Lipinski definition) is 0. The van der Waals surface area contributed by atoms with Crippen molar-refractivity contribution in [2.75, 3.05) is 0 Å². The van der Waals surface area contributed by atoms with E-state index in [1.165, 1.54) is 12.1 Å². The van der Waals surface area contributed by atoms with E-state index in [0.29, 0.717) is 7.14 Å². The Hall–Kier alpha value is -0.641.